The minimum absolute atomic E-state index is 0.140. The van der Waals surface area contributed by atoms with Crippen LogP contribution in [0.25, 0.3) is 0 Å². The van der Waals surface area contributed by atoms with Crippen molar-refractivity contribution in [3.05, 3.63) is 48.0 Å². The maximum atomic E-state index is 12.4. The highest BCUT2D eigenvalue weighted by Crippen LogP contribution is 2.29. The number of benzene rings is 1. The first-order valence-electron chi connectivity index (χ1n) is 6.09. The number of hydrogen-bond acceptors (Lipinski definition) is 2. The lowest BCUT2D eigenvalue weighted by Gasteiger charge is -2.13. The number of rotatable bonds is 6. The highest BCUT2D eigenvalue weighted by molar-refractivity contribution is 5.87. The fraction of sp³-hybridized carbons (Fsp3) is 0.286. The molecule has 114 valence electrons. The van der Waals surface area contributed by atoms with Gasteiger partial charge in [0.1, 0.15) is 6.04 Å². The van der Waals surface area contributed by atoms with Crippen molar-refractivity contribution in [2.45, 2.75) is 25.1 Å². The molecule has 1 aromatic rings. The number of hydrogen-bond donors (Lipinski definition) is 2. The zero-order chi connectivity index (χ0) is 16.0. The molecule has 2 amide bonds. The van der Waals surface area contributed by atoms with Crippen LogP contribution in [0.2, 0.25) is 0 Å². The van der Waals surface area contributed by atoms with Gasteiger partial charge in [0.2, 0.25) is 11.8 Å². The van der Waals surface area contributed by atoms with E-state index in [0.29, 0.717) is 5.56 Å². The molecular formula is C14H15F3N2O2. The van der Waals surface area contributed by atoms with E-state index in [1.165, 1.54) is 18.2 Å². The van der Waals surface area contributed by atoms with E-state index in [1.807, 2.05) is 0 Å². The van der Waals surface area contributed by atoms with E-state index in [0.717, 1.165) is 12.1 Å². The number of primary amides is 1. The van der Waals surface area contributed by atoms with Gasteiger partial charge < -0.3 is 11.1 Å². The maximum Gasteiger partial charge on any atom is 0.416 e. The largest absolute Gasteiger partial charge is 0.416 e. The van der Waals surface area contributed by atoms with Crippen LogP contribution in [-0.4, -0.2) is 17.9 Å². The molecule has 0 radical (unpaired) electrons. The number of halogens is 3. The Bertz CT molecular complexity index is 524. The molecule has 4 nitrogen and oxygen atoms in total. The minimum atomic E-state index is -4.41. The minimum Gasteiger partial charge on any atom is -0.368 e. The summed E-state index contributed by atoms with van der Waals surface area (Å²) in [6.45, 7) is 3.44. The normalized spacial score (nSPS) is 12.5. The number of alkyl halides is 3. The number of carbonyl (C=O) groups excluding carboxylic acids is 2. The van der Waals surface area contributed by atoms with Crippen LogP contribution in [0.3, 0.4) is 0 Å². The van der Waals surface area contributed by atoms with Crippen molar-refractivity contribution < 1.29 is 22.8 Å². The van der Waals surface area contributed by atoms with Gasteiger partial charge in [-0.1, -0.05) is 18.2 Å². The first kappa shape index (κ1) is 16.7. The monoisotopic (exact) mass is 300 g/mol. The molecule has 0 heterocycles. The lowest BCUT2D eigenvalue weighted by atomic mass is 10.1. The van der Waals surface area contributed by atoms with Gasteiger partial charge in [-0.2, -0.15) is 13.2 Å². The third-order valence-corrected chi connectivity index (χ3v) is 2.73. The standard InChI is InChI=1S/C14H15F3N2O2/c1-2-3-11(13(18)21)19-12(20)8-9-4-6-10(7-5-9)14(15,16)17/h2,4-7,11H,1,3,8H2,(H2,18,21)(H,19,20)/t11-/m0/s1. The summed E-state index contributed by atoms with van der Waals surface area (Å²) in [5.74, 6) is -1.20. The van der Waals surface area contributed by atoms with Crippen LogP contribution in [0.1, 0.15) is 17.5 Å². The predicted octanol–water partition coefficient (Wildman–Crippen LogP) is 1.79. The number of nitrogens with one attached hydrogen (secondary N) is 1. The zero-order valence-corrected chi connectivity index (χ0v) is 11.1. The molecular weight excluding hydrogens is 285 g/mol. The fourth-order valence-corrected chi connectivity index (χ4v) is 1.66. The number of amides is 2. The zero-order valence-electron chi connectivity index (χ0n) is 11.1. The summed E-state index contributed by atoms with van der Waals surface area (Å²) in [5.41, 5.74) is 4.73. The summed E-state index contributed by atoms with van der Waals surface area (Å²) in [4.78, 5) is 22.8. The Labute approximate surface area is 119 Å². The molecule has 1 atom stereocenters. The van der Waals surface area contributed by atoms with Crippen molar-refractivity contribution in [2.75, 3.05) is 0 Å². The van der Waals surface area contributed by atoms with Gasteiger partial charge in [0, 0.05) is 0 Å². The molecule has 0 spiro atoms. The summed E-state index contributed by atoms with van der Waals surface area (Å²) >= 11 is 0. The first-order chi connectivity index (χ1) is 9.74. The van der Waals surface area contributed by atoms with Gasteiger partial charge in [-0.3, -0.25) is 9.59 Å². The second-order valence-electron chi connectivity index (χ2n) is 4.42. The lowest BCUT2D eigenvalue weighted by molar-refractivity contribution is -0.137. The molecule has 0 aliphatic carbocycles. The summed E-state index contributed by atoms with van der Waals surface area (Å²) in [6.07, 6.45) is -2.93. The third kappa shape index (κ3) is 5.29. The molecule has 0 saturated heterocycles. The Morgan fingerprint density at radius 2 is 1.86 bits per heavy atom. The van der Waals surface area contributed by atoms with Crippen molar-refractivity contribution in [3.63, 3.8) is 0 Å². The molecule has 1 aromatic carbocycles. The van der Waals surface area contributed by atoms with Crippen molar-refractivity contribution in [1.29, 1.82) is 0 Å². The van der Waals surface area contributed by atoms with E-state index in [2.05, 4.69) is 11.9 Å². The van der Waals surface area contributed by atoms with Gasteiger partial charge in [-0.05, 0) is 24.1 Å². The van der Waals surface area contributed by atoms with Crippen LogP contribution in [0.4, 0.5) is 13.2 Å². The molecule has 0 bridgehead atoms. The van der Waals surface area contributed by atoms with Crippen molar-refractivity contribution in [2.24, 2.45) is 5.73 Å². The van der Waals surface area contributed by atoms with Gasteiger partial charge >= 0.3 is 6.18 Å². The van der Waals surface area contributed by atoms with Gasteiger partial charge in [-0.25, -0.2) is 0 Å². The Balaban J connectivity index is 2.66. The Hall–Kier alpha value is -2.31. The average molecular weight is 300 g/mol. The topological polar surface area (TPSA) is 72.2 Å². The van der Waals surface area contributed by atoms with Crippen LogP contribution in [0.5, 0.6) is 0 Å². The smallest absolute Gasteiger partial charge is 0.368 e. The molecule has 0 fully saturated rings. The van der Waals surface area contributed by atoms with E-state index in [-0.39, 0.29) is 12.8 Å². The number of carbonyl (C=O) groups is 2. The molecule has 3 N–H and O–H groups in total. The second kappa shape index (κ2) is 6.92. The first-order valence-corrected chi connectivity index (χ1v) is 6.09. The van der Waals surface area contributed by atoms with E-state index in [9.17, 15) is 22.8 Å². The summed E-state index contributed by atoms with van der Waals surface area (Å²) in [7, 11) is 0. The molecule has 0 aliphatic rings. The molecule has 1 rings (SSSR count). The molecule has 0 aromatic heterocycles. The quantitative estimate of drug-likeness (QED) is 0.786. The SMILES string of the molecule is C=CC[C@H](NC(=O)Cc1ccc(C(F)(F)F)cc1)C(N)=O. The molecule has 0 unspecified atom stereocenters. The Kier molecular flexibility index (Phi) is 5.52. The molecule has 0 aliphatic heterocycles. The van der Waals surface area contributed by atoms with Gasteiger partial charge in [0.25, 0.3) is 0 Å². The third-order valence-electron chi connectivity index (χ3n) is 2.73. The summed E-state index contributed by atoms with van der Waals surface area (Å²) < 4.78 is 37.2. The van der Waals surface area contributed by atoms with Gasteiger partial charge in [0.05, 0.1) is 12.0 Å². The Morgan fingerprint density at radius 1 is 1.29 bits per heavy atom. The molecule has 0 saturated carbocycles. The maximum absolute atomic E-state index is 12.4. The van der Waals surface area contributed by atoms with Crippen molar-refractivity contribution >= 4 is 11.8 Å². The van der Waals surface area contributed by atoms with E-state index in [1.54, 1.807) is 0 Å². The van der Waals surface area contributed by atoms with Crippen LogP contribution >= 0.6 is 0 Å². The van der Waals surface area contributed by atoms with Crippen LogP contribution in [0.15, 0.2) is 36.9 Å². The van der Waals surface area contributed by atoms with Gasteiger partial charge in [-0.15, -0.1) is 6.58 Å². The average Bonchev–Trinajstić information content (AvgIpc) is 2.37. The van der Waals surface area contributed by atoms with E-state index in [4.69, 9.17) is 5.73 Å². The van der Waals surface area contributed by atoms with Crippen molar-refractivity contribution in [3.8, 4) is 0 Å². The summed E-state index contributed by atoms with van der Waals surface area (Å²) in [5, 5.41) is 2.40. The summed E-state index contributed by atoms with van der Waals surface area (Å²) in [6, 6.07) is 3.37. The number of nitrogens with two attached hydrogens (primary N) is 1. The van der Waals surface area contributed by atoms with Crippen molar-refractivity contribution in [1.82, 2.24) is 5.32 Å². The van der Waals surface area contributed by atoms with Crippen LogP contribution < -0.4 is 11.1 Å². The predicted molar refractivity (Wildman–Crippen MR) is 71.1 cm³/mol. The van der Waals surface area contributed by atoms with Crippen LogP contribution in [0, 0.1) is 0 Å². The highest BCUT2D eigenvalue weighted by Gasteiger charge is 2.30. The van der Waals surface area contributed by atoms with Gasteiger partial charge in [0.15, 0.2) is 0 Å². The fourth-order valence-electron chi connectivity index (χ4n) is 1.66. The van der Waals surface area contributed by atoms with E-state index < -0.39 is 29.6 Å². The van der Waals surface area contributed by atoms with Crippen LogP contribution in [-0.2, 0) is 22.2 Å². The Morgan fingerprint density at radius 3 is 2.29 bits per heavy atom. The highest BCUT2D eigenvalue weighted by atomic mass is 19.4. The lowest BCUT2D eigenvalue weighted by Crippen LogP contribution is -2.44. The second-order valence-corrected chi connectivity index (χ2v) is 4.42. The molecule has 21 heavy (non-hydrogen) atoms. The van der Waals surface area contributed by atoms with E-state index >= 15 is 0 Å². The molecule has 7 heteroatoms.